The summed E-state index contributed by atoms with van der Waals surface area (Å²) >= 11 is 6.19. The number of halogens is 1. The van der Waals surface area contributed by atoms with Gasteiger partial charge >= 0.3 is 0 Å². The van der Waals surface area contributed by atoms with Crippen LogP contribution in [0.2, 0.25) is 5.02 Å². The summed E-state index contributed by atoms with van der Waals surface area (Å²) in [4.78, 5) is 0. The van der Waals surface area contributed by atoms with E-state index in [1.165, 1.54) is 6.92 Å². The molecule has 1 aromatic rings. The largest absolute Gasteiger partial charge is 0.267 e. The van der Waals surface area contributed by atoms with Gasteiger partial charge in [0.25, 0.3) is 0 Å². The van der Waals surface area contributed by atoms with Crippen molar-refractivity contribution in [3.63, 3.8) is 0 Å². The summed E-state index contributed by atoms with van der Waals surface area (Å²) in [5.74, 6) is -0.0593. The fourth-order valence-electron chi connectivity index (χ4n) is 2.07. The maximum absolute atomic E-state index is 12.0. The van der Waals surface area contributed by atoms with Gasteiger partial charge in [0.1, 0.15) is 0 Å². The molecule has 0 unspecified atom stereocenters. The van der Waals surface area contributed by atoms with Crippen molar-refractivity contribution in [2.75, 3.05) is 29.4 Å². The normalized spacial score (nSPS) is 12.4. The third-order valence-electron chi connectivity index (χ3n) is 3.06. The van der Waals surface area contributed by atoms with Gasteiger partial charge < -0.3 is 0 Å². The molecular weight excluding hydrogens is 348 g/mol. The van der Waals surface area contributed by atoms with E-state index < -0.39 is 20.0 Å². The first-order valence-corrected chi connectivity index (χ1v) is 10.6. The van der Waals surface area contributed by atoms with E-state index in [9.17, 15) is 16.8 Å². The minimum atomic E-state index is -3.59. The van der Waals surface area contributed by atoms with Crippen molar-refractivity contribution in [1.82, 2.24) is 4.72 Å². The molecule has 0 aliphatic carbocycles. The van der Waals surface area contributed by atoms with Crippen LogP contribution in [0.3, 0.4) is 0 Å². The molecule has 9 heteroatoms. The van der Waals surface area contributed by atoms with E-state index in [4.69, 9.17) is 11.6 Å². The van der Waals surface area contributed by atoms with E-state index in [-0.39, 0.29) is 18.8 Å². The van der Waals surface area contributed by atoms with Crippen molar-refractivity contribution in [2.45, 2.75) is 20.8 Å². The number of rotatable bonds is 7. The van der Waals surface area contributed by atoms with Crippen LogP contribution in [0, 0.1) is 13.8 Å². The molecule has 0 saturated heterocycles. The number of benzene rings is 1. The number of hydrogen-bond donors (Lipinski definition) is 1. The van der Waals surface area contributed by atoms with E-state index in [1.807, 2.05) is 13.0 Å². The van der Waals surface area contributed by atoms with Crippen LogP contribution in [-0.4, -0.2) is 41.9 Å². The second kappa shape index (κ2) is 7.16. The Hall–Kier alpha value is -0.830. The van der Waals surface area contributed by atoms with Crippen molar-refractivity contribution >= 4 is 37.3 Å². The van der Waals surface area contributed by atoms with Crippen LogP contribution in [0.5, 0.6) is 0 Å². The minimum absolute atomic E-state index is 0.0209. The van der Waals surface area contributed by atoms with Gasteiger partial charge in [-0.25, -0.2) is 21.6 Å². The van der Waals surface area contributed by atoms with Gasteiger partial charge in [0, 0.05) is 13.1 Å². The Balaban J connectivity index is 3.12. The molecule has 0 atom stereocenters. The Bertz CT molecular complexity index is 722. The third-order valence-corrected chi connectivity index (χ3v) is 5.92. The van der Waals surface area contributed by atoms with Crippen LogP contribution in [0.15, 0.2) is 12.1 Å². The zero-order chi connectivity index (χ0) is 17.1. The lowest BCUT2D eigenvalue weighted by Gasteiger charge is -2.25. The van der Waals surface area contributed by atoms with Gasteiger partial charge in [0.05, 0.1) is 22.7 Å². The second-order valence-electron chi connectivity index (χ2n) is 5.05. The molecule has 22 heavy (non-hydrogen) atoms. The molecule has 0 aliphatic rings. The lowest BCUT2D eigenvalue weighted by molar-refractivity contribution is 0.579. The average molecular weight is 369 g/mol. The van der Waals surface area contributed by atoms with Gasteiger partial charge in [0.2, 0.25) is 20.0 Å². The average Bonchev–Trinajstić information content (AvgIpc) is 2.34. The number of nitrogens with one attached hydrogen (secondary N) is 1. The molecule has 1 rings (SSSR count). The summed E-state index contributed by atoms with van der Waals surface area (Å²) in [6.07, 6.45) is 1.07. The van der Waals surface area contributed by atoms with Crippen LogP contribution in [0.25, 0.3) is 0 Å². The zero-order valence-corrected chi connectivity index (χ0v) is 15.4. The smallest absolute Gasteiger partial charge is 0.232 e. The summed E-state index contributed by atoms with van der Waals surface area (Å²) in [5.41, 5.74) is 2.02. The van der Waals surface area contributed by atoms with E-state index in [0.29, 0.717) is 16.3 Å². The third kappa shape index (κ3) is 5.12. The molecule has 0 fully saturated rings. The van der Waals surface area contributed by atoms with Gasteiger partial charge in [0.15, 0.2) is 0 Å². The van der Waals surface area contributed by atoms with Crippen LogP contribution in [-0.2, 0) is 20.0 Å². The SMILES string of the molecule is CCS(=O)(=O)NCCN(c1c(C)cc(C)cc1Cl)S(C)(=O)=O. The van der Waals surface area contributed by atoms with Gasteiger partial charge in [-0.05, 0) is 38.0 Å². The van der Waals surface area contributed by atoms with Crippen molar-refractivity contribution in [3.05, 3.63) is 28.3 Å². The molecule has 0 amide bonds. The molecule has 126 valence electrons. The number of hydrogen-bond acceptors (Lipinski definition) is 4. The van der Waals surface area contributed by atoms with E-state index in [0.717, 1.165) is 16.1 Å². The lowest BCUT2D eigenvalue weighted by Crippen LogP contribution is -2.39. The maximum Gasteiger partial charge on any atom is 0.232 e. The highest BCUT2D eigenvalue weighted by molar-refractivity contribution is 7.92. The number of sulfonamides is 2. The van der Waals surface area contributed by atoms with E-state index in [1.54, 1.807) is 13.0 Å². The summed E-state index contributed by atoms with van der Waals surface area (Å²) in [5, 5.41) is 0.321. The first-order valence-electron chi connectivity index (χ1n) is 6.69. The van der Waals surface area contributed by atoms with Gasteiger partial charge in [-0.2, -0.15) is 0 Å². The summed E-state index contributed by atoms with van der Waals surface area (Å²) in [7, 11) is -6.96. The number of anilines is 1. The van der Waals surface area contributed by atoms with E-state index in [2.05, 4.69) is 4.72 Å². The molecule has 0 heterocycles. The molecule has 0 saturated carbocycles. The Labute approximate surface area is 137 Å². The summed E-state index contributed by atoms with van der Waals surface area (Å²) in [6, 6.07) is 3.51. The van der Waals surface area contributed by atoms with Gasteiger partial charge in [-0.3, -0.25) is 4.31 Å². The highest BCUT2D eigenvalue weighted by Gasteiger charge is 2.22. The molecule has 1 N–H and O–H groups in total. The van der Waals surface area contributed by atoms with Crippen molar-refractivity contribution in [2.24, 2.45) is 0 Å². The van der Waals surface area contributed by atoms with Gasteiger partial charge in [-0.15, -0.1) is 0 Å². The highest BCUT2D eigenvalue weighted by Crippen LogP contribution is 2.32. The topological polar surface area (TPSA) is 83.6 Å². The molecule has 1 aromatic carbocycles. The van der Waals surface area contributed by atoms with Crippen molar-refractivity contribution < 1.29 is 16.8 Å². The Morgan fingerprint density at radius 3 is 2.23 bits per heavy atom. The molecule has 0 aromatic heterocycles. The Morgan fingerprint density at radius 1 is 1.18 bits per heavy atom. The standard InChI is InChI=1S/C13H21ClN2O4S2/c1-5-22(19,20)15-6-7-16(21(4,17)18)13-11(3)8-10(2)9-12(13)14/h8-9,15H,5-7H2,1-4H3. The second-order valence-corrected chi connectivity index (χ2v) is 9.45. The van der Waals surface area contributed by atoms with Crippen molar-refractivity contribution in [3.8, 4) is 0 Å². The first kappa shape index (κ1) is 19.2. The Morgan fingerprint density at radius 2 is 1.77 bits per heavy atom. The number of nitrogens with zero attached hydrogens (tertiary/aromatic N) is 1. The predicted molar refractivity (Wildman–Crippen MR) is 90.6 cm³/mol. The molecule has 0 radical (unpaired) electrons. The first-order chi connectivity index (χ1) is 9.98. The molecule has 6 nitrogen and oxygen atoms in total. The lowest BCUT2D eigenvalue weighted by atomic mass is 10.1. The molecule has 0 aliphatic heterocycles. The minimum Gasteiger partial charge on any atom is -0.267 e. The van der Waals surface area contributed by atoms with Crippen LogP contribution >= 0.6 is 11.6 Å². The molecule has 0 spiro atoms. The highest BCUT2D eigenvalue weighted by atomic mass is 35.5. The predicted octanol–water partition coefficient (Wildman–Crippen LogP) is 1.66. The van der Waals surface area contributed by atoms with Crippen LogP contribution < -0.4 is 9.03 Å². The monoisotopic (exact) mass is 368 g/mol. The van der Waals surface area contributed by atoms with Crippen LogP contribution in [0.1, 0.15) is 18.1 Å². The fourth-order valence-corrected chi connectivity index (χ4v) is 4.15. The Kier molecular flexibility index (Phi) is 6.26. The number of aryl methyl sites for hydroxylation is 2. The quantitative estimate of drug-likeness (QED) is 0.793. The maximum atomic E-state index is 12.0. The summed E-state index contributed by atoms with van der Waals surface area (Å²) in [6.45, 7) is 5.09. The molecular formula is C13H21ClN2O4S2. The van der Waals surface area contributed by atoms with Gasteiger partial charge in [-0.1, -0.05) is 17.7 Å². The zero-order valence-electron chi connectivity index (χ0n) is 13.1. The summed E-state index contributed by atoms with van der Waals surface area (Å²) < 4.78 is 50.4. The van der Waals surface area contributed by atoms with Crippen molar-refractivity contribution in [1.29, 1.82) is 0 Å². The fraction of sp³-hybridized carbons (Fsp3) is 0.538. The van der Waals surface area contributed by atoms with E-state index >= 15 is 0 Å². The van der Waals surface area contributed by atoms with Crippen LogP contribution in [0.4, 0.5) is 5.69 Å². The molecule has 0 bridgehead atoms.